The van der Waals surface area contributed by atoms with Crippen molar-refractivity contribution in [1.82, 2.24) is 24.6 Å². The Morgan fingerprint density at radius 3 is 2.93 bits per heavy atom. The first-order valence-electron chi connectivity index (χ1n) is 9.74. The third-order valence-corrected chi connectivity index (χ3v) is 8.03. The molecular weight excluding hydrogens is 404 g/mol. The van der Waals surface area contributed by atoms with E-state index >= 15 is 0 Å². The molecule has 2 N–H and O–H groups in total. The summed E-state index contributed by atoms with van der Waals surface area (Å²) in [5.41, 5.74) is 3.28. The van der Waals surface area contributed by atoms with Gasteiger partial charge in [0, 0.05) is 24.6 Å². The number of nitrogens with one attached hydrogen (secondary N) is 1. The molecule has 0 saturated carbocycles. The number of aryl methyl sites for hydroxylation is 1. The molecule has 1 fully saturated rings. The summed E-state index contributed by atoms with van der Waals surface area (Å²) in [6.07, 6.45) is 7.83. The van der Waals surface area contributed by atoms with E-state index in [-0.39, 0.29) is 18.5 Å². The maximum Gasteiger partial charge on any atom is 0.246 e. The van der Waals surface area contributed by atoms with Gasteiger partial charge in [0.1, 0.15) is 12.0 Å². The van der Waals surface area contributed by atoms with Crippen molar-refractivity contribution in [2.75, 3.05) is 46.5 Å². The second-order valence-electron chi connectivity index (χ2n) is 8.08. The average molecular weight is 429 g/mol. The molecule has 158 valence electrons. The summed E-state index contributed by atoms with van der Waals surface area (Å²) in [6.45, 7) is 2.24. The molecule has 11 heteroatoms. The number of fused-ring (bicyclic) bond motifs is 2. The van der Waals surface area contributed by atoms with Gasteiger partial charge in [-0.15, -0.1) is 10.3 Å². The summed E-state index contributed by atoms with van der Waals surface area (Å²) in [4.78, 5) is 29.6. The Bertz CT molecular complexity index is 1150. The zero-order valence-corrected chi connectivity index (χ0v) is 17.9. The number of pyridine rings is 1. The van der Waals surface area contributed by atoms with Crippen LogP contribution in [0.2, 0.25) is 0 Å². The number of carbonyl (C=O) groups excluding carboxylic acids is 1. The minimum absolute atomic E-state index is 0.000769. The number of anilines is 4. The fourth-order valence-corrected chi connectivity index (χ4v) is 6.19. The van der Waals surface area contributed by atoms with Crippen LogP contribution < -0.4 is 15.1 Å². The molecule has 30 heavy (non-hydrogen) atoms. The van der Waals surface area contributed by atoms with Crippen molar-refractivity contribution >= 4 is 45.0 Å². The molecule has 5 heterocycles. The highest BCUT2D eigenvalue weighted by atomic mass is 32.3. The first kappa shape index (κ1) is 19.1. The lowest BCUT2D eigenvalue weighted by atomic mass is 10.1. The van der Waals surface area contributed by atoms with E-state index in [1.54, 1.807) is 22.7 Å². The van der Waals surface area contributed by atoms with Gasteiger partial charge >= 0.3 is 0 Å². The molecule has 2 unspecified atom stereocenters. The van der Waals surface area contributed by atoms with Gasteiger partial charge in [0.25, 0.3) is 0 Å². The second kappa shape index (κ2) is 6.81. The lowest BCUT2D eigenvalue weighted by Crippen LogP contribution is -2.49. The highest BCUT2D eigenvalue weighted by Gasteiger charge is 2.39. The molecule has 0 aliphatic carbocycles. The zero-order valence-electron chi connectivity index (χ0n) is 17.1. The maximum absolute atomic E-state index is 12.5. The predicted octanol–water partition coefficient (Wildman–Crippen LogP) is 2.03. The zero-order chi connectivity index (χ0) is 21.0. The molecule has 3 aromatic heterocycles. The third kappa shape index (κ3) is 3.23. The van der Waals surface area contributed by atoms with Gasteiger partial charge < -0.3 is 19.7 Å². The molecule has 0 bridgehead atoms. The molecule has 3 aromatic rings. The van der Waals surface area contributed by atoms with Crippen molar-refractivity contribution in [1.29, 1.82) is 0 Å². The standard InChI is InChI=1S/C19H24N8O2S/c1-12-6-16-21-11-22-27(16)8-14(12)23-19-20-7-15-18(24-19)26(9-17(28)25(15)2)13-4-5-30(3,29)10-13/h6-8,11,13,29H,4-5,9-10H2,1-3H3,(H,20,23,24). The predicted molar refractivity (Wildman–Crippen MR) is 118 cm³/mol. The number of rotatable bonds is 3. The summed E-state index contributed by atoms with van der Waals surface area (Å²) in [7, 11) is 0.145. The molecule has 10 nitrogen and oxygen atoms in total. The third-order valence-electron chi connectivity index (χ3n) is 5.82. The van der Waals surface area contributed by atoms with E-state index in [0.717, 1.165) is 34.9 Å². The van der Waals surface area contributed by atoms with Crippen LogP contribution in [0.1, 0.15) is 12.0 Å². The highest BCUT2D eigenvalue weighted by molar-refractivity contribution is 8.28. The van der Waals surface area contributed by atoms with Gasteiger partial charge in [0.2, 0.25) is 11.9 Å². The number of aromatic nitrogens is 5. The van der Waals surface area contributed by atoms with Gasteiger partial charge in [-0.2, -0.15) is 10.1 Å². The first-order chi connectivity index (χ1) is 14.3. The molecule has 5 rings (SSSR count). The van der Waals surface area contributed by atoms with Crippen LogP contribution in [0.3, 0.4) is 0 Å². The normalized spacial score (nSPS) is 26.0. The molecule has 1 amide bonds. The maximum atomic E-state index is 12.5. The fourth-order valence-electron chi connectivity index (χ4n) is 4.06. The molecule has 1 saturated heterocycles. The summed E-state index contributed by atoms with van der Waals surface area (Å²) in [6, 6.07) is 2.04. The summed E-state index contributed by atoms with van der Waals surface area (Å²) in [5, 5.41) is 7.45. The van der Waals surface area contributed by atoms with E-state index in [9.17, 15) is 9.35 Å². The van der Waals surface area contributed by atoms with Gasteiger partial charge in [-0.1, -0.05) is 0 Å². The molecule has 0 radical (unpaired) electrons. The van der Waals surface area contributed by atoms with Crippen molar-refractivity contribution in [2.24, 2.45) is 0 Å². The van der Waals surface area contributed by atoms with Crippen LogP contribution in [0.25, 0.3) is 5.65 Å². The van der Waals surface area contributed by atoms with Gasteiger partial charge in [-0.3, -0.25) is 4.79 Å². The summed E-state index contributed by atoms with van der Waals surface area (Å²) < 4.78 is 12.2. The van der Waals surface area contributed by atoms with Gasteiger partial charge in [-0.05, 0) is 31.2 Å². The van der Waals surface area contributed by atoms with Gasteiger partial charge in [0.15, 0.2) is 11.5 Å². The Hall–Kier alpha value is -2.92. The number of hydrogen-bond donors (Lipinski definition) is 2. The second-order valence-corrected chi connectivity index (χ2v) is 11.3. The van der Waals surface area contributed by atoms with Crippen LogP contribution in [0.15, 0.2) is 24.8 Å². The topological polar surface area (TPSA) is 112 Å². The Balaban J connectivity index is 1.50. The van der Waals surface area contributed by atoms with Crippen LogP contribution in [0.4, 0.5) is 23.1 Å². The first-order valence-corrected chi connectivity index (χ1v) is 12.1. The molecular formula is C19H24N8O2S. The minimum atomic E-state index is -1.60. The van der Waals surface area contributed by atoms with Crippen LogP contribution in [0, 0.1) is 6.92 Å². The quantitative estimate of drug-likeness (QED) is 0.652. The average Bonchev–Trinajstić information content (AvgIpc) is 3.30. The van der Waals surface area contributed by atoms with Crippen molar-refractivity contribution in [2.45, 2.75) is 19.4 Å². The van der Waals surface area contributed by atoms with E-state index in [2.05, 4.69) is 20.4 Å². The molecule has 0 spiro atoms. The van der Waals surface area contributed by atoms with E-state index in [1.165, 1.54) is 6.33 Å². The largest absolute Gasteiger partial charge is 0.352 e. The molecule has 2 aliphatic heterocycles. The highest BCUT2D eigenvalue weighted by Crippen LogP contribution is 2.49. The van der Waals surface area contributed by atoms with Crippen LogP contribution in [-0.4, -0.2) is 72.4 Å². The Morgan fingerprint density at radius 1 is 1.33 bits per heavy atom. The molecule has 2 aliphatic rings. The number of likely N-dealkylation sites (N-methyl/N-ethyl adjacent to an activating group) is 1. The number of hydrogen-bond acceptors (Lipinski definition) is 8. The van der Waals surface area contributed by atoms with E-state index in [4.69, 9.17) is 4.98 Å². The molecule has 0 aromatic carbocycles. The van der Waals surface area contributed by atoms with Crippen LogP contribution >= 0.6 is 10.3 Å². The monoisotopic (exact) mass is 428 g/mol. The summed E-state index contributed by atoms with van der Waals surface area (Å²) >= 11 is 0. The Kier molecular flexibility index (Phi) is 4.33. The van der Waals surface area contributed by atoms with Crippen molar-refractivity contribution in [3.63, 3.8) is 0 Å². The van der Waals surface area contributed by atoms with Crippen molar-refractivity contribution < 1.29 is 9.35 Å². The molecule has 2 atom stereocenters. The number of carbonyl (C=O) groups is 1. The number of nitrogens with zero attached hydrogens (tertiary/aromatic N) is 7. The lowest BCUT2D eigenvalue weighted by molar-refractivity contribution is -0.117. The van der Waals surface area contributed by atoms with Crippen LogP contribution in [-0.2, 0) is 4.79 Å². The lowest BCUT2D eigenvalue weighted by Gasteiger charge is -2.38. The van der Waals surface area contributed by atoms with Gasteiger partial charge in [0.05, 0.1) is 24.6 Å². The summed E-state index contributed by atoms with van der Waals surface area (Å²) in [5.74, 6) is 2.65. The van der Waals surface area contributed by atoms with Crippen LogP contribution in [0.5, 0.6) is 0 Å². The Morgan fingerprint density at radius 2 is 2.17 bits per heavy atom. The van der Waals surface area contributed by atoms with Crippen molar-refractivity contribution in [3.05, 3.63) is 30.4 Å². The number of amides is 1. The smallest absolute Gasteiger partial charge is 0.246 e. The Labute approximate surface area is 175 Å². The van der Waals surface area contributed by atoms with E-state index in [0.29, 0.717) is 17.4 Å². The van der Waals surface area contributed by atoms with E-state index in [1.807, 2.05) is 30.3 Å². The van der Waals surface area contributed by atoms with Gasteiger partial charge in [-0.25, -0.2) is 14.5 Å². The fraction of sp³-hybridized carbons (Fsp3) is 0.421. The minimum Gasteiger partial charge on any atom is -0.352 e. The van der Waals surface area contributed by atoms with E-state index < -0.39 is 10.3 Å². The van der Waals surface area contributed by atoms with Crippen molar-refractivity contribution in [3.8, 4) is 0 Å². The SMILES string of the molecule is Cc1cc2ncnn2cc1Nc1ncc2c(n1)N(C1CCS(C)(O)C1)CC(=O)N2C.